The number of ketones is 1. The van der Waals surface area contributed by atoms with E-state index in [-0.39, 0.29) is 48.0 Å². The summed E-state index contributed by atoms with van der Waals surface area (Å²) in [7, 11) is 0. The van der Waals surface area contributed by atoms with Crippen LogP contribution in [0.4, 0.5) is 8.78 Å². The number of hydrogen-bond donors (Lipinski definition) is 1. The van der Waals surface area contributed by atoms with Crippen molar-refractivity contribution >= 4 is 40.1 Å². The van der Waals surface area contributed by atoms with E-state index in [1.807, 2.05) is 0 Å². The monoisotopic (exact) mass is 489 g/mol. The molecule has 1 aliphatic heterocycles. The summed E-state index contributed by atoms with van der Waals surface area (Å²) < 4.78 is 29.9. The molecule has 3 atom stereocenters. The van der Waals surface area contributed by atoms with E-state index in [1.165, 1.54) is 28.0 Å². The van der Waals surface area contributed by atoms with Gasteiger partial charge in [0.05, 0.1) is 29.3 Å². The van der Waals surface area contributed by atoms with Crippen molar-refractivity contribution in [3.63, 3.8) is 0 Å². The third-order valence-electron chi connectivity index (χ3n) is 6.03. The SMILES string of the molecule is C[C@@H](CC(=O)[C@@H]1C[C@@H](F)CN1C(=O)Cn1nc(C(N)=O)c2ccncc21)c1cccc(Cl)c1F. The Morgan fingerprint density at radius 3 is 2.79 bits per heavy atom. The summed E-state index contributed by atoms with van der Waals surface area (Å²) in [5.41, 5.74) is 6.06. The second-order valence-electron chi connectivity index (χ2n) is 8.37. The molecule has 4 rings (SSSR count). The van der Waals surface area contributed by atoms with Gasteiger partial charge in [-0.15, -0.1) is 0 Å². The van der Waals surface area contributed by atoms with Crippen LogP contribution in [0.5, 0.6) is 0 Å². The van der Waals surface area contributed by atoms with Crippen LogP contribution < -0.4 is 5.73 Å². The van der Waals surface area contributed by atoms with Crippen molar-refractivity contribution in [3.8, 4) is 0 Å². The summed E-state index contributed by atoms with van der Waals surface area (Å²) in [4.78, 5) is 43.0. The van der Waals surface area contributed by atoms with Gasteiger partial charge in [0.15, 0.2) is 11.5 Å². The highest BCUT2D eigenvalue weighted by Crippen LogP contribution is 2.30. The van der Waals surface area contributed by atoms with E-state index in [4.69, 9.17) is 17.3 Å². The number of Topliss-reactive ketones (excluding diaryl/α,β-unsaturated/α-hetero) is 1. The molecule has 0 bridgehead atoms. The minimum atomic E-state index is -1.37. The first-order chi connectivity index (χ1) is 16.2. The predicted molar refractivity (Wildman–Crippen MR) is 121 cm³/mol. The molecule has 11 heteroatoms. The third-order valence-corrected chi connectivity index (χ3v) is 6.33. The van der Waals surface area contributed by atoms with Crippen molar-refractivity contribution < 1.29 is 23.2 Å². The maximum atomic E-state index is 14.4. The molecule has 0 unspecified atom stereocenters. The van der Waals surface area contributed by atoms with Crippen LogP contribution in [0.2, 0.25) is 5.02 Å². The van der Waals surface area contributed by atoms with E-state index in [9.17, 15) is 23.2 Å². The summed E-state index contributed by atoms with van der Waals surface area (Å²) in [5.74, 6) is -2.78. The molecule has 0 spiro atoms. The predicted octanol–water partition coefficient (Wildman–Crippen LogP) is 3.02. The van der Waals surface area contributed by atoms with E-state index in [0.717, 1.165) is 0 Å². The number of rotatable bonds is 7. The average molecular weight is 490 g/mol. The molecule has 0 radical (unpaired) electrons. The first kappa shape index (κ1) is 23.7. The van der Waals surface area contributed by atoms with Crippen molar-refractivity contribution in [1.82, 2.24) is 19.7 Å². The Morgan fingerprint density at radius 2 is 2.06 bits per heavy atom. The zero-order valence-electron chi connectivity index (χ0n) is 18.2. The fraction of sp³-hybridized carbons (Fsp3) is 0.348. The number of alkyl halides is 1. The zero-order valence-corrected chi connectivity index (χ0v) is 19.0. The molecule has 1 fully saturated rings. The van der Waals surface area contributed by atoms with Gasteiger partial charge in [-0.1, -0.05) is 30.7 Å². The number of halogens is 3. The van der Waals surface area contributed by atoms with E-state index in [2.05, 4.69) is 10.1 Å². The third kappa shape index (κ3) is 4.50. The topological polar surface area (TPSA) is 111 Å². The number of aromatic nitrogens is 3. The summed E-state index contributed by atoms with van der Waals surface area (Å²) in [6, 6.07) is 5.12. The number of primary amides is 1. The minimum Gasteiger partial charge on any atom is -0.364 e. The molecule has 2 amide bonds. The van der Waals surface area contributed by atoms with Crippen molar-refractivity contribution in [1.29, 1.82) is 0 Å². The van der Waals surface area contributed by atoms with Gasteiger partial charge < -0.3 is 10.6 Å². The van der Waals surface area contributed by atoms with Crippen LogP contribution in [-0.4, -0.2) is 56.0 Å². The Hall–Kier alpha value is -3.40. The van der Waals surface area contributed by atoms with Crippen LogP contribution in [0.25, 0.3) is 10.9 Å². The van der Waals surface area contributed by atoms with Gasteiger partial charge in [-0.2, -0.15) is 5.10 Å². The Kier molecular flexibility index (Phi) is 6.60. The number of hydrogen-bond acceptors (Lipinski definition) is 5. The normalized spacial score (nSPS) is 18.9. The molecule has 1 aliphatic rings. The molecule has 178 valence electrons. The van der Waals surface area contributed by atoms with Gasteiger partial charge in [-0.3, -0.25) is 24.0 Å². The standard InChI is InChI=1S/C23H22ClF2N5O3/c1-12(14-3-2-4-16(24)21(14)26)7-19(32)17-8-13(25)10-30(17)20(33)11-31-18-9-28-6-5-15(18)22(29-31)23(27)34/h2-6,9,12-13,17H,7-8,10-11H2,1H3,(H2,27,34)/t12-,13+,17-/m0/s1. The number of nitrogens with two attached hydrogens (primary N) is 1. The summed E-state index contributed by atoms with van der Waals surface area (Å²) >= 11 is 5.84. The van der Waals surface area contributed by atoms with Gasteiger partial charge in [0.2, 0.25) is 5.91 Å². The Morgan fingerprint density at radius 1 is 1.29 bits per heavy atom. The largest absolute Gasteiger partial charge is 0.364 e. The van der Waals surface area contributed by atoms with Crippen LogP contribution in [0, 0.1) is 5.82 Å². The smallest absolute Gasteiger partial charge is 0.269 e. The molecule has 3 aromatic rings. The number of amides is 2. The van der Waals surface area contributed by atoms with Crippen LogP contribution in [0.1, 0.15) is 41.7 Å². The van der Waals surface area contributed by atoms with Gasteiger partial charge in [0.1, 0.15) is 18.5 Å². The molecule has 2 aromatic heterocycles. The molecular weight excluding hydrogens is 468 g/mol. The van der Waals surface area contributed by atoms with Crippen molar-refractivity contribution in [2.45, 2.75) is 44.4 Å². The highest BCUT2D eigenvalue weighted by Gasteiger charge is 2.40. The first-order valence-electron chi connectivity index (χ1n) is 10.7. The van der Waals surface area contributed by atoms with Crippen molar-refractivity contribution in [2.75, 3.05) is 6.54 Å². The van der Waals surface area contributed by atoms with Gasteiger partial charge >= 0.3 is 0 Å². The molecule has 0 aliphatic carbocycles. The lowest BCUT2D eigenvalue weighted by molar-refractivity contribution is -0.138. The molecule has 0 saturated carbocycles. The number of likely N-dealkylation sites (tertiary alicyclic amines) is 1. The number of nitrogens with zero attached hydrogens (tertiary/aromatic N) is 4. The van der Waals surface area contributed by atoms with Gasteiger partial charge in [-0.05, 0) is 23.6 Å². The van der Waals surface area contributed by atoms with E-state index in [1.54, 1.807) is 25.1 Å². The van der Waals surface area contributed by atoms with Crippen molar-refractivity contribution in [2.24, 2.45) is 5.73 Å². The molecule has 1 aromatic carbocycles. The van der Waals surface area contributed by atoms with Gasteiger partial charge in [0.25, 0.3) is 5.91 Å². The quantitative estimate of drug-likeness (QED) is 0.548. The highest BCUT2D eigenvalue weighted by atomic mass is 35.5. The second kappa shape index (κ2) is 9.46. The van der Waals surface area contributed by atoms with Gasteiger partial charge in [-0.25, -0.2) is 8.78 Å². The maximum Gasteiger partial charge on any atom is 0.269 e. The number of benzene rings is 1. The molecule has 3 heterocycles. The lowest BCUT2D eigenvalue weighted by Crippen LogP contribution is -2.42. The summed E-state index contributed by atoms with van der Waals surface area (Å²) in [5, 5.41) is 4.51. The number of carbonyl (C=O) groups is 3. The van der Waals surface area contributed by atoms with Crippen LogP contribution in [0.15, 0.2) is 36.7 Å². The lowest BCUT2D eigenvalue weighted by Gasteiger charge is -2.24. The van der Waals surface area contributed by atoms with E-state index < -0.39 is 35.8 Å². The molecule has 8 nitrogen and oxygen atoms in total. The number of fused-ring (bicyclic) bond motifs is 1. The number of pyridine rings is 1. The Bertz CT molecular complexity index is 1280. The van der Waals surface area contributed by atoms with Crippen LogP contribution >= 0.6 is 11.6 Å². The second-order valence-corrected chi connectivity index (χ2v) is 8.78. The minimum absolute atomic E-state index is 0.0139. The van der Waals surface area contributed by atoms with Crippen molar-refractivity contribution in [3.05, 3.63) is 58.8 Å². The van der Waals surface area contributed by atoms with Crippen LogP contribution in [-0.2, 0) is 16.1 Å². The van der Waals surface area contributed by atoms with Crippen LogP contribution in [0.3, 0.4) is 0 Å². The Balaban J connectivity index is 1.53. The number of carbonyl (C=O) groups excluding carboxylic acids is 3. The summed E-state index contributed by atoms with van der Waals surface area (Å²) in [6.45, 7) is 1.11. The van der Waals surface area contributed by atoms with E-state index >= 15 is 0 Å². The molecular formula is C23H22ClF2N5O3. The highest BCUT2D eigenvalue weighted by molar-refractivity contribution is 6.30. The lowest BCUT2D eigenvalue weighted by atomic mass is 9.92. The first-order valence-corrected chi connectivity index (χ1v) is 11.1. The fourth-order valence-electron chi connectivity index (χ4n) is 4.36. The average Bonchev–Trinajstić information content (AvgIpc) is 3.37. The Labute approximate surface area is 198 Å². The maximum absolute atomic E-state index is 14.4. The summed E-state index contributed by atoms with van der Waals surface area (Å²) in [6.07, 6.45) is 1.32. The molecule has 1 saturated heterocycles. The molecule has 2 N–H and O–H groups in total. The fourth-order valence-corrected chi connectivity index (χ4v) is 4.54. The molecule has 34 heavy (non-hydrogen) atoms. The zero-order chi connectivity index (χ0) is 24.6. The van der Waals surface area contributed by atoms with E-state index in [0.29, 0.717) is 10.9 Å². The van der Waals surface area contributed by atoms with Gasteiger partial charge in [0, 0.05) is 24.4 Å².